The van der Waals surface area contributed by atoms with Gasteiger partial charge in [0.25, 0.3) is 11.5 Å². The molecule has 0 spiro atoms. The molecule has 1 heterocycles. The maximum Gasteiger partial charge on any atom is 0.312 e. The topological polar surface area (TPSA) is 110 Å². The van der Waals surface area contributed by atoms with Gasteiger partial charge in [-0.3, -0.25) is 14.4 Å². The molecule has 3 aromatic rings. The van der Waals surface area contributed by atoms with Crippen LogP contribution in [0.15, 0.2) is 47.3 Å². The summed E-state index contributed by atoms with van der Waals surface area (Å²) in [5.41, 5.74) is 1.49. The molecule has 2 aromatic carbocycles. The minimum absolute atomic E-state index is 0.168. The maximum absolute atomic E-state index is 12.1. The van der Waals surface area contributed by atoms with Crippen molar-refractivity contribution in [3.05, 3.63) is 64.1 Å². The third kappa shape index (κ3) is 4.35. The summed E-state index contributed by atoms with van der Waals surface area (Å²) in [6, 6.07) is 12.2. The number of H-pyrrole nitrogens is 1. The molecule has 8 heteroatoms. The zero-order chi connectivity index (χ0) is 20.1. The fourth-order valence-corrected chi connectivity index (χ4v) is 2.75. The Balaban J connectivity index is 1.62. The molecular weight excluding hydrogens is 362 g/mol. The van der Waals surface area contributed by atoms with Crippen molar-refractivity contribution >= 4 is 28.3 Å². The molecule has 8 nitrogen and oxygen atoms in total. The Labute approximate surface area is 160 Å². The van der Waals surface area contributed by atoms with Crippen molar-refractivity contribution in [2.75, 3.05) is 19.0 Å². The van der Waals surface area contributed by atoms with Crippen molar-refractivity contribution in [2.24, 2.45) is 0 Å². The van der Waals surface area contributed by atoms with Crippen LogP contribution >= 0.6 is 0 Å². The van der Waals surface area contributed by atoms with Crippen molar-refractivity contribution in [3.8, 4) is 5.75 Å². The second kappa shape index (κ2) is 8.34. The lowest BCUT2D eigenvalue weighted by molar-refractivity contribution is -0.146. The molecule has 28 heavy (non-hydrogen) atoms. The number of methoxy groups -OCH3 is 1. The Kier molecular flexibility index (Phi) is 5.69. The molecule has 3 rings (SSSR count). The zero-order valence-electron chi connectivity index (χ0n) is 15.4. The van der Waals surface area contributed by atoms with E-state index < -0.39 is 18.5 Å². The first-order valence-electron chi connectivity index (χ1n) is 8.54. The Bertz CT molecular complexity index is 1090. The molecular formula is C20H19N3O5. The molecule has 1 aromatic heterocycles. The van der Waals surface area contributed by atoms with Crippen molar-refractivity contribution < 1.29 is 19.1 Å². The Morgan fingerprint density at radius 3 is 2.64 bits per heavy atom. The summed E-state index contributed by atoms with van der Waals surface area (Å²) >= 11 is 0. The summed E-state index contributed by atoms with van der Waals surface area (Å²) in [4.78, 5) is 36.0. The first-order valence-corrected chi connectivity index (χ1v) is 8.54. The smallest absolute Gasteiger partial charge is 0.312 e. The Morgan fingerprint density at radius 2 is 1.89 bits per heavy atom. The van der Waals surface area contributed by atoms with Gasteiger partial charge in [0.15, 0.2) is 6.61 Å². The number of hydrogen-bond donors (Lipinski definition) is 2. The van der Waals surface area contributed by atoms with Crippen LogP contribution in [-0.4, -0.2) is 35.8 Å². The highest BCUT2D eigenvalue weighted by molar-refractivity contribution is 5.94. The molecule has 0 bridgehead atoms. The van der Waals surface area contributed by atoms with Gasteiger partial charge < -0.3 is 14.8 Å². The summed E-state index contributed by atoms with van der Waals surface area (Å²) in [5, 5.41) is 9.93. The van der Waals surface area contributed by atoms with Gasteiger partial charge >= 0.3 is 5.97 Å². The number of hydrogen-bond acceptors (Lipinski definition) is 6. The fourth-order valence-electron chi connectivity index (χ4n) is 2.75. The number of nitrogens with one attached hydrogen (secondary N) is 2. The number of anilines is 1. The summed E-state index contributed by atoms with van der Waals surface area (Å²) in [7, 11) is 1.50. The average Bonchev–Trinajstić information content (AvgIpc) is 2.69. The second-order valence-electron chi connectivity index (χ2n) is 6.13. The summed E-state index contributed by atoms with van der Waals surface area (Å²) in [6.07, 6.45) is -0.168. The minimum atomic E-state index is -0.629. The number of aryl methyl sites for hydroxylation is 1. The molecule has 1 amide bonds. The molecule has 0 radical (unpaired) electrons. The van der Waals surface area contributed by atoms with Gasteiger partial charge in [-0.15, -0.1) is 0 Å². The summed E-state index contributed by atoms with van der Waals surface area (Å²) < 4.78 is 10.2. The molecule has 0 aliphatic rings. The average molecular weight is 381 g/mol. The van der Waals surface area contributed by atoms with E-state index in [1.54, 1.807) is 36.4 Å². The van der Waals surface area contributed by atoms with E-state index in [9.17, 15) is 14.4 Å². The predicted molar refractivity (Wildman–Crippen MR) is 103 cm³/mol. The molecule has 0 aliphatic carbocycles. The van der Waals surface area contributed by atoms with Gasteiger partial charge in [0.05, 0.1) is 30.3 Å². The van der Waals surface area contributed by atoms with Gasteiger partial charge in [0.2, 0.25) is 0 Å². The number of benzene rings is 2. The number of aromatic amines is 1. The van der Waals surface area contributed by atoms with Crippen LogP contribution in [0.1, 0.15) is 11.3 Å². The van der Waals surface area contributed by atoms with Crippen LogP contribution < -0.4 is 15.6 Å². The highest BCUT2D eigenvalue weighted by Crippen LogP contribution is 2.25. The third-order valence-corrected chi connectivity index (χ3v) is 4.08. The fraction of sp³-hybridized carbons (Fsp3) is 0.200. The molecule has 0 unspecified atom stereocenters. The quantitative estimate of drug-likeness (QED) is 0.632. The number of aromatic nitrogens is 2. The largest absolute Gasteiger partial charge is 0.495 e. The van der Waals surface area contributed by atoms with E-state index in [1.165, 1.54) is 7.11 Å². The lowest BCUT2D eigenvalue weighted by Gasteiger charge is -2.11. The maximum atomic E-state index is 12.1. The zero-order valence-corrected chi connectivity index (χ0v) is 15.4. The van der Waals surface area contributed by atoms with Crippen molar-refractivity contribution in [3.63, 3.8) is 0 Å². The Morgan fingerprint density at radius 1 is 1.14 bits per heavy atom. The minimum Gasteiger partial charge on any atom is -0.495 e. The van der Waals surface area contributed by atoms with E-state index in [2.05, 4.69) is 15.5 Å². The lowest BCUT2D eigenvalue weighted by Crippen LogP contribution is -2.22. The third-order valence-electron chi connectivity index (χ3n) is 4.08. The first kappa shape index (κ1) is 19.1. The van der Waals surface area contributed by atoms with Crippen molar-refractivity contribution in [2.45, 2.75) is 13.3 Å². The van der Waals surface area contributed by atoms with Gasteiger partial charge in [-0.1, -0.05) is 24.3 Å². The van der Waals surface area contributed by atoms with Crippen LogP contribution in [0.2, 0.25) is 0 Å². The highest BCUT2D eigenvalue weighted by atomic mass is 16.5. The highest BCUT2D eigenvalue weighted by Gasteiger charge is 2.14. The number of carbonyl (C=O) groups is 2. The second-order valence-corrected chi connectivity index (χ2v) is 6.13. The van der Waals surface area contributed by atoms with E-state index in [-0.39, 0.29) is 12.0 Å². The molecule has 0 saturated heterocycles. The number of esters is 1. The van der Waals surface area contributed by atoms with Crippen molar-refractivity contribution in [1.82, 2.24) is 10.2 Å². The number of nitrogens with zero attached hydrogens (tertiary/aromatic N) is 1. The van der Waals surface area contributed by atoms with Crippen LogP contribution in [-0.2, 0) is 20.7 Å². The van der Waals surface area contributed by atoms with Crippen LogP contribution in [0, 0.1) is 6.92 Å². The van der Waals surface area contributed by atoms with E-state index >= 15 is 0 Å². The van der Waals surface area contributed by atoms with Gasteiger partial charge in [-0.25, -0.2) is 5.10 Å². The number of rotatable bonds is 6. The van der Waals surface area contributed by atoms with Crippen LogP contribution in [0.3, 0.4) is 0 Å². The molecule has 0 atom stereocenters. The predicted octanol–water partition coefficient (Wildman–Crippen LogP) is 1.96. The molecule has 0 saturated carbocycles. The normalized spacial score (nSPS) is 10.5. The molecule has 0 fully saturated rings. The number of amides is 1. The van der Waals surface area contributed by atoms with Gasteiger partial charge in [0.1, 0.15) is 5.75 Å². The number of ether oxygens (including phenoxy) is 2. The molecule has 2 N–H and O–H groups in total. The first-order chi connectivity index (χ1) is 13.5. The summed E-state index contributed by atoms with van der Waals surface area (Å²) in [5.74, 6) is -0.609. The molecule has 144 valence electrons. The van der Waals surface area contributed by atoms with Crippen LogP contribution in [0.5, 0.6) is 5.75 Å². The van der Waals surface area contributed by atoms with Gasteiger partial charge in [-0.2, -0.15) is 5.10 Å². The molecule has 0 aliphatic heterocycles. The van der Waals surface area contributed by atoms with Crippen LogP contribution in [0.4, 0.5) is 5.69 Å². The monoisotopic (exact) mass is 381 g/mol. The van der Waals surface area contributed by atoms with E-state index in [0.717, 1.165) is 5.56 Å². The van der Waals surface area contributed by atoms with E-state index in [4.69, 9.17) is 9.47 Å². The van der Waals surface area contributed by atoms with Gasteiger partial charge in [0, 0.05) is 5.39 Å². The number of carbonyl (C=O) groups excluding carboxylic acids is 2. The number of fused-ring (bicyclic) bond motifs is 1. The van der Waals surface area contributed by atoms with Crippen molar-refractivity contribution in [1.29, 1.82) is 0 Å². The van der Waals surface area contributed by atoms with Crippen LogP contribution in [0.25, 0.3) is 10.8 Å². The SMILES string of the molecule is COc1ccc(C)cc1NC(=O)COC(=O)Cc1n[nH]c(=O)c2ccccc12. The Hall–Kier alpha value is -3.68. The van der Waals surface area contributed by atoms with E-state index in [1.807, 2.05) is 13.0 Å². The van der Waals surface area contributed by atoms with E-state index in [0.29, 0.717) is 27.9 Å². The standard InChI is InChI=1S/C20H19N3O5/c1-12-7-8-17(27-2)16(9-12)21-18(24)11-28-19(25)10-15-13-5-3-4-6-14(13)20(26)23-22-15/h3-9H,10-11H2,1-2H3,(H,21,24)(H,23,26). The summed E-state index contributed by atoms with van der Waals surface area (Å²) in [6.45, 7) is 1.44. The lowest BCUT2D eigenvalue weighted by atomic mass is 10.1. The van der Waals surface area contributed by atoms with Gasteiger partial charge in [-0.05, 0) is 30.7 Å².